The Labute approximate surface area is 134 Å². The quantitative estimate of drug-likeness (QED) is 0.627. The van der Waals surface area contributed by atoms with Crippen LogP contribution in [0.15, 0.2) is 40.9 Å². The van der Waals surface area contributed by atoms with Gasteiger partial charge in [-0.15, -0.1) is 11.6 Å². The molecule has 0 saturated heterocycles. The third kappa shape index (κ3) is 2.40. The largest absolute Gasteiger partial charge is 0.494 e. The van der Waals surface area contributed by atoms with Crippen LogP contribution in [-0.4, -0.2) is 16.7 Å². The predicted octanol–water partition coefficient (Wildman–Crippen LogP) is 4.67. The number of methoxy groups -OCH3 is 1. The summed E-state index contributed by atoms with van der Waals surface area (Å²) >= 11 is 9.35. The van der Waals surface area contributed by atoms with Crippen molar-refractivity contribution in [2.24, 2.45) is 0 Å². The van der Waals surface area contributed by atoms with Crippen LogP contribution in [0.25, 0.3) is 16.7 Å². The molecule has 108 valence electrons. The van der Waals surface area contributed by atoms with E-state index in [1.807, 2.05) is 18.2 Å². The number of benzene rings is 2. The monoisotopic (exact) mass is 368 g/mol. The zero-order valence-corrected chi connectivity index (χ0v) is 13.4. The lowest BCUT2D eigenvalue weighted by atomic mass is 10.2. The summed E-state index contributed by atoms with van der Waals surface area (Å²) in [4.78, 5) is 4.47. The van der Waals surface area contributed by atoms with E-state index in [1.165, 1.54) is 6.07 Å². The van der Waals surface area contributed by atoms with Crippen molar-refractivity contribution in [1.82, 2.24) is 9.55 Å². The van der Waals surface area contributed by atoms with E-state index in [9.17, 15) is 4.39 Å². The number of imidazole rings is 1. The van der Waals surface area contributed by atoms with Crippen molar-refractivity contribution in [2.75, 3.05) is 7.11 Å². The normalized spacial score (nSPS) is 11.0. The number of ether oxygens (including phenoxy) is 1. The van der Waals surface area contributed by atoms with Gasteiger partial charge in [-0.05, 0) is 30.3 Å². The summed E-state index contributed by atoms with van der Waals surface area (Å²) in [5.41, 5.74) is 1.81. The average Bonchev–Trinajstić information content (AvgIpc) is 2.88. The molecule has 0 amide bonds. The van der Waals surface area contributed by atoms with E-state index >= 15 is 0 Å². The minimum absolute atomic E-state index is 0.170. The van der Waals surface area contributed by atoms with Crippen LogP contribution in [0.5, 0.6) is 5.75 Å². The maximum absolute atomic E-state index is 14.2. The highest BCUT2D eigenvalue weighted by Crippen LogP contribution is 2.31. The second kappa shape index (κ2) is 5.66. The fourth-order valence-corrected chi connectivity index (χ4v) is 2.83. The summed E-state index contributed by atoms with van der Waals surface area (Å²) in [7, 11) is 1.58. The van der Waals surface area contributed by atoms with Gasteiger partial charge in [0.1, 0.15) is 22.9 Å². The van der Waals surface area contributed by atoms with Crippen molar-refractivity contribution in [1.29, 1.82) is 0 Å². The molecule has 0 aliphatic rings. The minimum Gasteiger partial charge on any atom is -0.494 e. The number of alkyl halides is 1. The Balaban J connectivity index is 2.38. The number of para-hydroxylation sites is 1. The van der Waals surface area contributed by atoms with Crippen LogP contribution in [0.1, 0.15) is 5.82 Å². The lowest BCUT2D eigenvalue weighted by molar-refractivity contribution is 0.419. The Morgan fingerprint density at radius 1 is 1.33 bits per heavy atom. The van der Waals surface area contributed by atoms with Gasteiger partial charge in [0, 0.05) is 4.47 Å². The molecule has 3 nitrogen and oxygen atoms in total. The zero-order valence-electron chi connectivity index (χ0n) is 11.1. The standard InChI is InChI=1S/C15H11BrClFN2O/c1-21-13-4-2-3-11-15(13)19-14(8-17)20(11)12-7-9(16)5-6-10(12)18/h2-7H,8H2,1H3. The lowest BCUT2D eigenvalue weighted by Gasteiger charge is -2.10. The van der Waals surface area contributed by atoms with E-state index < -0.39 is 0 Å². The van der Waals surface area contributed by atoms with Crippen molar-refractivity contribution in [2.45, 2.75) is 5.88 Å². The molecule has 0 N–H and O–H groups in total. The topological polar surface area (TPSA) is 27.1 Å². The SMILES string of the molecule is COc1cccc2c1nc(CCl)n2-c1cc(Br)ccc1F. The Hall–Kier alpha value is -1.59. The first kappa shape index (κ1) is 14.4. The number of halogens is 3. The molecule has 0 radical (unpaired) electrons. The van der Waals surface area contributed by atoms with Crippen molar-refractivity contribution >= 4 is 38.6 Å². The van der Waals surface area contributed by atoms with Gasteiger partial charge < -0.3 is 4.74 Å². The van der Waals surface area contributed by atoms with Crippen molar-refractivity contribution < 1.29 is 9.13 Å². The van der Waals surface area contributed by atoms with Gasteiger partial charge in [-0.25, -0.2) is 9.37 Å². The summed E-state index contributed by atoms with van der Waals surface area (Å²) in [6.45, 7) is 0. The number of hydrogen-bond donors (Lipinski definition) is 0. The van der Waals surface area contributed by atoms with Gasteiger partial charge in [0.15, 0.2) is 0 Å². The molecule has 0 aliphatic heterocycles. The van der Waals surface area contributed by atoms with Crippen molar-refractivity contribution in [3.63, 3.8) is 0 Å². The molecule has 0 fully saturated rings. The molecule has 0 aliphatic carbocycles. The van der Waals surface area contributed by atoms with E-state index in [4.69, 9.17) is 16.3 Å². The van der Waals surface area contributed by atoms with Crippen molar-refractivity contribution in [3.8, 4) is 11.4 Å². The molecule has 0 atom stereocenters. The van der Waals surface area contributed by atoms with Crippen molar-refractivity contribution in [3.05, 3.63) is 52.5 Å². The smallest absolute Gasteiger partial charge is 0.147 e. The van der Waals surface area contributed by atoms with Gasteiger partial charge >= 0.3 is 0 Å². The highest BCUT2D eigenvalue weighted by molar-refractivity contribution is 9.10. The van der Waals surface area contributed by atoms with Gasteiger partial charge in [-0.1, -0.05) is 22.0 Å². The number of fused-ring (bicyclic) bond motifs is 1. The van der Waals surface area contributed by atoms with Crippen LogP contribution < -0.4 is 4.74 Å². The summed E-state index contributed by atoms with van der Waals surface area (Å²) < 4.78 is 22.0. The minimum atomic E-state index is -0.341. The molecule has 21 heavy (non-hydrogen) atoms. The zero-order chi connectivity index (χ0) is 15.0. The molecule has 0 bridgehead atoms. The first-order chi connectivity index (χ1) is 10.2. The first-order valence-electron chi connectivity index (χ1n) is 6.21. The van der Waals surface area contributed by atoms with Gasteiger partial charge in [-0.2, -0.15) is 0 Å². The van der Waals surface area contributed by atoms with Crippen LogP contribution in [0.3, 0.4) is 0 Å². The summed E-state index contributed by atoms with van der Waals surface area (Å²) in [6.07, 6.45) is 0. The number of hydrogen-bond acceptors (Lipinski definition) is 2. The molecule has 6 heteroatoms. The fraction of sp³-hybridized carbons (Fsp3) is 0.133. The van der Waals surface area contributed by atoms with E-state index in [0.29, 0.717) is 22.8 Å². The third-order valence-corrected chi connectivity index (χ3v) is 3.94. The highest BCUT2D eigenvalue weighted by Gasteiger charge is 2.17. The van der Waals surface area contributed by atoms with Gasteiger partial charge in [0.25, 0.3) is 0 Å². The lowest BCUT2D eigenvalue weighted by Crippen LogP contribution is -2.02. The molecular weight excluding hydrogens is 359 g/mol. The number of rotatable bonds is 3. The Kier molecular flexibility index (Phi) is 3.87. The number of aromatic nitrogens is 2. The van der Waals surface area contributed by atoms with E-state index in [2.05, 4.69) is 20.9 Å². The fourth-order valence-electron chi connectivity index (χ4n) is 2.30. The second-order valence-corrected chi connectivity index (χ2v) is 5.60. The number of nitrogens with zero attached hydrogens (tertiary/aromatic N) is 2. The molecule has 0 saturated carbocycles. The van der Waals surface area contributed by atoms with E-state index in [-0.39, 0.29) is 11.7 Å². The van der Waals surface area contributed by atoms with Gasteiger partial charge in [-0.3, -0.25) is 4.57 Å². The van der Waals surface area contributed by atoms with E-state index in [0.717, 1.165) is 9.99 Å². The maximum atomic E-state index is 14.2. The predicted molar refractivity (Wildman–Crippen MR) is 84.8 cm³/mol. The molecule has 3 rings (SSSR count). The highest BCUT2D eigenvalue weighted by atomic mass is 79.9. The summed E-state index contributed by atoms with van der Waals surface area (Å²) in [6, 6.07) is 10.3. The molecule has 2 aromatic carbocycles. The van der Waals surface area contributed by atoms with Crippen LogP contribution in [0.2, 0.25) is 0 Å². The Morgan fingerprint density at radius 2 is 2.14 bits per heavy atom. The molecular formula is C15H11BrClFN2O. The molecule has 1 aromatic heterocycles. The first-order valence-corrected chi connectivity index (χ1v) is 7.54. The summed E-state index contributed by atoms with van der Waals surface area (Å²) in [5, 5.41) is 0. The molecule has 1 heterocycles. The summed E-state index contributed by atoms with van der Waals surface area (Å²) in [5.74, 6) is 1.02. The molecule has 3 aromatic rings. The van der Waals surface area contributed by atoms with E-state index in [1.54, 1.807) is 23.8 Å². The van der Waals surface area contributed by atoms with Gasteiger partial charge in [0.05, 0.1) is 24.2 Å². The van der Waals surface area contributed by atoms with Gasteiger partial charge in [0.2, 0.25) is 0 Å². The van der Waals surface area contributed by atoms with Crippen LogP contribution >= 0.6 is 27.5 Å². The Bertz CT molecular complexity index is 819. The molecule has 0 unspecified atom stereocenters. The maximum Gasteiger partial charge on any atom is 0.147 e. The third-order valence-electron chi connectivity index (χ3n) is 3.21. The average molecular weight is 370 g/mol. The Morgan fingerprint density at radius 3 is 2.86 bits per heavy atom. The van der Waals surface area contributed by atoms with Crippen LogP contribution in [0, 0.1) is 5.82 Å². The van der Waals surface area contributed by atoms with Crippen LogP contribution in [-0.2, 0) is 5.88 Å². The second-order valence-electron chi connectivity index (χ2n) is 4.42. The molecule has 0 spiro atoms. The van der Waals surface area contributed by atoms with Crippen LogP contribution in [0.4, 0.5) is 4.39 Å².